The van der Waals surface area contributed by atoms with Crippen molar-refractivity contribution in [3.05, 3.63) is 0 Å². The highest BCUT2D eigenvalue weighted by Gasteiger charge is 2.18. The summed E-state index contributed by atoms with van der Waals surface area (Å²) in [6, 6.07) is 0. The van der Waals surface area contributed by atoms with Gasteiger partial charge in [-0.3, -0.25) is 4.90 Å². The molecule has 88 valence electrons. The molecule has 0 radical (unpaired) electrons. The first-order valence-electron chi connectivity index (χ1n) is 5.45. The Bertz CT molecular complexity index is 221. The van der Waals surface area contributed by atoms with Crippen molar-refractivity contribution in [3.63, 3.8) is 0 Å². The molecule has 5 nitrogen and oxygen atoms in total. The zero-order valence-corrected chi connectivity index (χ0v) is 9.52. The number of nitrogens with two attached hydrogens (primary N) is 1. The molecule has 1 rings (SSSR count). The third-order valence-corrected chi connectivity index (χ3v) is 2.69. The van der Waals surface area contributed by atoms with Gasteiger partial charge in [0.25, 0.3) is 0 Å². The van der Waals surface area contributed by atoms with Gasteiger partial charge in [0.15, 0.2) is 0 Å². The van der Waals surface area contributed by atoms with Crippen molar-refractivity contribution in [2.24, 2.45) is 16.8 Å². The molecule has 0 spiro atoms. The summed E-state index contributed by atoms with van der Waals surface area (Å²) in [7, 11) is 0. The molecule has 0 bridgehead atoms. The largest absolute Gasteiger partial charge is 0.409 e. The Morgan fingerprint density at radius 3 is 3.13 bits per heavy atom. The molecule has 3 N–H and O–H groups in total. The minimum atomic E-state index is 0.0836. The molecule has 1 heterocycles. The lowest BCUT2D eigenvalue weighted by atomic mass is 10.1. The molecule has 0 aromatic rings. The Morgan fingerprint density at radius 1 is 1.73 bits per heavy atom. The molecule has 1 aliphatic heterocycles. The van der Waals surface area contributed by atoms with Gasteiger partial charge in [0.2, 0.25) is 0 Å². The third kappa shape index (κ3) is 4.05. The maximum absolute atomic E-state index is 8.56. The van der Waals surface area contributed by atoms with Crippen LogP contribution in [0.5, 0.6) is 0 Å². The first kappa shape index (κ1) is 12.3. The maximum atomic E-state index is 8.56. The van der Waals surface area contributed by atoms with E-state index in [4.69, 9.17) is 15.7 Å². The standard InChI is InChI=1S/C10H21N3O2/c1-8(10(11)12-14)6-13-4-3-5-15-9(2)7-13/h8-9,14H,3-7H2,1-2H3,(H2,11,12). The highest BCUT2D eigenvalue weighted by Crippen LogP contribution is 2.08. The number of ether oxygens (including phenoxy) is 1. The summed E-state index contributed by atoms with van der Waals surface area (Å²) in [5.41, 5.74) is 5.55. The monoisotopic (exact) mass is 215 g/mol. The first-order valence-corrected chi connectivity index (χ1v) is 5.45. The van der Waals surface area contributed by atoms with E-state index in [1.807, 2.05) is 6.92 Å². The second-order valence-electron chi connectivity index (χ2n) is 4.22. The van der Waals surface area contributed by atoms with Crippen molar-refractivity contribution < 1.29 is 9.94 Å². The second kappa shape index (κ2) is 5.92. The lowest BCUT2D eigenvalue weighted by Crippen LogP contribution is -2.38. The molecular formula is C10H21N3O2. The second-order valence-corrected chi connectivity index (χ2v) is 4.22. The van der Waals surface area contributed by atoms with Crippen LogP contribution in [-0.4, -0.2) is 48.3 Å². The van der Waals surface area contributed by atoms with E-state index in [1.54, 1.807) is 0 Å². The Balaban J connectivity index is 2.42. The van der Waals surface area contributed by atoms with E-state index < -0.39 is 0 Å². The summed E-state index contributed by atoms with van der Waals surface area (Å²) >= 11 is 0. The number of hydrogen-bond donors (Lipinski definition) is 2. The SMILES string of the molecule is CC1CN(CC(C)C(N)=NO)CCCO1. The van der Waals surface area contributed by atoms with Crippen LogP contribution in [0.3, 0.4) is 0 Å². The average molecular weight is 215 g/mol. The lowest BCUT2D eigenvalue weighted by molar-refractivity contribution is 0.0669. The van der Waals surface area contributed by atoms with Crippen LogP contribution >= 0.6 is 0 Å². The molecule has 2 atom stereocenters. The summed E-state index contributed by atoms with van der Waals surface area (Å²) in [6.07, 6.45) is 1.32. The molecular weight excluding hydrogens is 194 g/mol. The van der Waals surface area contributed by atoms with Crippen LogP contribution in [0.15, 0.2) is 5.16 Å². The smallest absolute Gasteiger partial charge is 0.143 e. The van der Waals surface area contributed by atoms with E-state index in [2.05, 4.69) is 17.0 Å². The van der Waals surface area contributed by atoms with Gasteiger partial charge < -0.3 is 15.7 Å². The number of oxime groups is 1. The Morgan fingerprint density at radius 2 is 2.47 bits per heavy atom. The lowest BCUT2D eigenvalue weighted by Gasteiger charge is -2.24. The van der Waals surface area contributed by atoms with Crippen LogP contribution < -0.4 is 5.73 Å². The fourth-order valence-electron chi connectivity index (χ4n) is 1.83. The molecule has 1 fully saturated rings. The van der Waals surface area contributed by atoms with Gasteiger partial charge in [0, 0.05) is 32.2 Å². The topological polar surface area (TPSA) is 71.1 Å². The van der Waals surface area contributed by atoms with E-state index in [0.717, 1.165) is 32.7 Å². The molecule has 0 amide bonds. The summed E-state index contributed by atoms with van der Waals surface area (Å²) in [6.45, 7) is 7.63. The summed E-state index contributed by atoms with van der Waals surface area (Å²) in [5.74, 6) is 0.383. The van der Waals surface area contributed by atoms with Crippen molar-refractivity contribution in [1.29, 1.82) is 0 Å². The zero-order chi connectivity index (χ0) is 11.3. The molecule has 1 aliphatic rings. The van der Waals surface area contributed by atoms with E-state index in [-0.39, 0.29) is 12.0 Å². The summed E-state index contributed by atoms with van der Waals surface area (Å²) < 4.78 is 5.55. The minimum Gasteiger partial charge on any atom is -0.409 e. The van der Waals surface area contributed by atoms with Crippen molar-refractivity contribution in [3.8, 4) is 0 Å². The molecule has 0 aromatic heterocycles. The van der Waals surface area contributed by atoms with Crippen molar-refractivity contribution in [2.75, 3.05) is 26.2 Å². The van der Waals surface area contributed by atoms with Gasteiger partial charge in [-0.15, -0.1) is 0 Å². The van der Waals surface area contributed by atoms with Crippen LogP contribution in [0.2, 0.25) is 0 Å². The molecule has 15 heavy (non-hydrogen) atoms. The fraction of sp³-hybridized carbons (Fsp3) is 0.900. The van der Waals surface area contributed by atoms with Crippen molar-refractivity contribution >= 4 is 5.84 Å². The Labute approximate surface area is 90.9 Å². The molecule has 2 unspecified atom stereocenters. The van der Waals surface area contributed by atoms with E-state index in [1.165, 1.54) is 0 Å². The Kier molecular flexibility index (Phi) is 4.84. The highest BCUT2D eigenvalue weighted by atomic mass is 16.5. The van der Waals surface area contributed by atoms with Gasteiger partial charge in [-0.2, -0.15) is 0 Å². The molecule has 1 saturated heterocycles. The average Bonchev–Trinajstić information content (AvgIpc) is 2.41. The van der Waals surface area contributed by atoms with Gasteiger partial charge in [-0.1, -0.05) is 12.1 Å². The predicted octanol–water partition coefficient (Wildman–Crippen LogP) is 0.480. The van der Waals surface area contributed by atoms with Crippen molar-refractivity contribution in [1.82, 2.24) is 4.90 Å². The highest BCUT2D eigenvalue weighted by molar-refractivity contribution is 5.82. The number of nitrogens with zero attached hydrogens (tertiary/aromatic N) is 2. The zero-order valence-electron chi connectivity index (χ0n) is 9.52. The molecule has 0 saturated carbocycles. The van der Waals surface area contributed by atoms with Crippen LogP contribution in [0.25, 0.3) is 0 Å². The van der Waals surface area contributed by atoms with Gasteiger partial charge in [0.05, 0.1) is 6.10 Å². The van der Waals surface area contributed by atoms with Crippen LogP contribution in [0.1, 0.15) is 20.3 Å². The number of amidine groups is 1. The van der Waals surface area contributed by atoms with Gasteiger partial charge in [-0.25, -0.2) is 0 Å². The summed E-state index contributed by atoms with van der Waals surface area (Å²) in [5, 5.41) is 11.6. The molecule has 0 aromatic carbocycles. The minimum absolute atomic E-state index is 0.0836. The maximum Gasteiger partial charge on any atom is 0.143 e. The van der Waals surface area contributed by atoms with E-state index >= 15 is 0 Å². The Hall–Kier alpha value is -0.810. The van der Waals surface area contributed by atoms with Crippen LogP contribution in [0.4, 0.5) is 0 Å². The fourth-order valence-corrected chi connectivity index (χ4v) is 1.83. The first-order chi connectivity index (χ1) is 7.13. The normalized spacial score (nSPS) is 27.3. The number of hydrogen-bond acceptors (Lipinski definition) is 4. The third-order valence-electron chi connectivity index (χ3n) is 2.69. The van der Waals surface area contributed by atoms with E-state index in [0.29, 0.717) is 5.84 Å². The van der Waals surface area contributed by atoms with Crippen LogP contribution in [0, 0.1) is 5.92 Å². The van der Waals surface area contributed by atoms with Gasteiger partial charge in [-0.05, 0) is 13.3 Å². The van der Waals surface area contributed by atoms with Crippen LogP contribution in [-0.2, 0) is 4.74 Å². The van der Waals surface area contributed by atoms with Gasteiger partial charge in [0.1, 0.15) is 5.84 Å². The predicted molar refractivity (Wildman–Crippen MR) is 59.0 cm³/mol. The summed E-state index contributed by atoms with van der Waals surface area (Å²) in [4.78, 5) is 2.31. The quantitative estimate of drug-likeness (QED) is 0.311. The van der Waals surface area contributed by atoms with Gasteiger partial charge >= 0.3 is 0 Å². The molecule has 0 aliphatic carbocycles. The molecule has 5 heteroatoms. The van der Waals surface area contributed by atoms with E-state index in [9.17, 15) is 0 Å². The van der Waals surface area contributed by atoms with Crippen molar-refractivity contribution in [2.45, 2.75) is 26.4 Å². The number of rotatable bonds is 3.